The Labute approximate surface area is 333 Å². The number of ether oxygens (including phenoxy) is 2. The first kappa shape index (κ1) is 51.6. The molecule has 4 rings (SSSR count). The van der Waals surface area contributed by atoms with Gasteiger partial charge in [-0.25, -0.2) is 17.6 Å². The number of hydrogen-bond acceptors (Lipinski definition) is 8. The Hall–Kier alpha value is -2.51. The van der Waals surface area contributed by atoms with Crippen LogP contribution in [0, 0.1) is 0 Å². The Kier molecular flexibility index (Phi) is 16.2. The SMILES string of the molecule is CC1(C)OB(B2OC(C)(C)C(C)(C)O2)OC1(C)C.FC(F)C(F)(F)COc1cc(Br)ccc1C(F)(F)F.OB(O)c1ccc(C(F)(F)F)c(OCC(F)(F)C(F)F)c1. The van der Waals surface area contributed by atoms with Crippen molar-refractivity contribution in [3.8, 4) is 11.5 Å². The number of rotatable bonds is 10. The predicted octanol–water partition coefficient (Wildman–Crippen LogP) is 8.66. The van der Waals surface area contributed by atoms with Gasteiger partial charge >= 0.3 is 58.2 Å². The highest BCUT2D eigenvalue weighted by atomic mass is 79.9. The van der Waals surface area contributed by atoms with Crippen LogP contribution in [0.2, 0.25) is 0 Å². The van der Waals surface area contributed by atoms with Crippen LogP contribution in [0.25, 0.3) is 0 Å². The summed E-state index contributed by atoms with van der Waals surface area (Å²) in [5.74, 6) is -11.3. The lowest BCUT2D eigenvalue weighted by Crippen LogP contribution is -2.41. The van der Waals surface area contributed by atoms with Crippen molar-refractivity contribution >= 4 is 42.5 Å². The van der Waals surface area contributed by atoms with Crippen LogP contribution in [-0.4, -0.2) is 91.5 Å². The summed E-state index contributed by atoms with van der Waals surface area (Å²) >= 11 is 2.83. The van der Waals surface area contributed by atoms with Crippen molar-refractivity contribution in [2.24, 2.45) is 0 Å². The highest BCUT2D eigenvalue weighted by Gasteiger charge is 2.63. The van der Waals surface area contributed by atoms with Gasteiger partial charge in [0.05, 0.1) is 33.5 Å². The summed E-state index contributed by atoms with van der Waals surface area (Å²) in [6.45, 7) is 12.4. The molecule has 2 saturated heterocycles. The molecule has 2 aliphatic rings. The lowest BCUT2D eigenvalue weighted by molar-refractivity contribution is -0.153. The summed E-state index contributed by atoms with van der Waals surface area (Å²) in [5, 5.41) is 17.6. The zero-order valence-corrected chi connectivity index (χ0v) is 33.4. The predicted molar refractivity (Wildman–Crippen MR) is 185 cm³/mol. The largest absolute Gasteiger partial charge is 0.488 e. The second-order valence-electron chi connectivity index (χ2n) is 14.7. The Balaban J connectivity index is 0.000000301. The molecule has 26 heteroatoms. The van der Waals surface area contributed by atoms with Gasteiger partial charge < -0.3 is 38.1 Å². The van der Waals surface area contributed by atoms with Gasteiger partial charge in [0.1, 0.15) is 11.5 Å². The van der Waals surface area contributed by atoms with Crippen LogP contribution in [0.5, 0.6) is 11.5 Å². The van der Waals surface area contributed by atoms with Crippen LogP contribution in [-0.2, 0) is 31.0 Å². The maximum Gasteiger partial charge on any atom is 0.488 e. The van der Waals surface area contributed by atoms with Crippen molar-refractivity contribution in [2.75, 3.05) is 13.2 Å². The molecule has 2 N–H and O–H groups in total. The van der Waals surface area contributed by atoms with Gasteiger partial charge in [-0.15, -0.1) is 0 Å². The third-order valence-corrected chi connectivity index (χ3v) is 9.60. The van der Waals surface area contributed by atoms with E-state index in [1.54, 1.807) is 0 Å². The van der Waals surface area contributed by atoms with Crippen molar-refractivity contribution in [1.29, 1.82) is 0 Å². The Bertz CT molecular complexity index is 1610. The molecular weight excluding hydrogens is 891 g/mol. The molecule has 2 aromatic rings. The molecule has 0 unspecified atom stereocenters. The molecule has 8 nitrogen and oxygen atoms in total. The third kappa shape index (κ3) is 13.2. The molecule has 2 aliphatic heterocycles. The average Bonchev–Trinajstić information content (AvgIpc) is 3.41. The van der Waals surface area contributed by atoms with E-state index >= 15 is 0 Å². The van der Waals surface area contributed by atoms with Gasteiger partial charge in [-0.05, 0) is 91.2 Å². The molecule has 0 amide bonds. The molecule has 0 spiro atoms. The summed E-state index contributed by atoms with van der Waals surface area (Å²) in [6.07, 6.45) is -18.0. The average molecular weight is 929 g/mol. The van der Waals surface area contributed by atoms with Crippen molar-refractivity contribution in [2.45, 2.75) is 115 Å². The molecule has 2 aromatic carbocycles. The lowest BCUT2D eigenvalue weighted by Gasteiger charge is -2.32. The molecule has 0 aromatic heterocycles. The lowest BCUT2D eigenvalue weighted by atomic mass is 9.49. The van der Waals surface area contributed by atoms with Crippen molar-refractivity contribution in [3.05, 3.63) is 52.0 Å². The second kappa shape index (κ2) is 18.2. The van der Waals surface area contributed by atoms with Crippen LogP contribution >= 0.6 is 15.9 Å². The first-order chi connectivity index (χ1) is 25.9. The summed E-state index contributed by atoms with van der Waals surface area (Å²) in [5.41, 5.74) is -4.73. The van der Waals surface area contributed by atoms with Crippen LogP contribution in [0.4, 0.5) is 61.5 Å². The highest BCUT2D eigenvalue weighted by Crippen LogP contribution is 2.43. The first-order valence-electron chi connectivity index (χ1n) is 16.6. The standard InChI is InChI=1S/C12H24B2O4.C10H8BF7O3.C10H6BrF7O/c1-9(2)10(3,4)16-13(15-9)14-17-11(5,6)12(7,8)18-14;12-8(13)9(14,15)4-21-7-3-5(11(19)20)1-2-6(7)10(16,17)18;11-5-1-2-6(10(16,17)18)7(3-5)19-4-9(14,15)8(12)13/h1-8H3;1-3,8,19-20H,4H2;1-3,8H,4H2. The topological polar surface area (TPSA) is 95.8 Å². The van der Waals surface area contributed by atoms with E-state index in [2.05, 4.69) is 25.4 Å². The zero-order chi connectivity index (χ0) is 45.3. The fraction of sp³-hybridized carbons (Fsp3) is 0.625. The van der Waals surface area contributed by atoms with Gasteiger partial charge in [-0.2, -0.15) is 43.9 Å². The quantitative estimate of drug-likeness (QED) is 0.181. The Morgan fingerprint density at radius 2 is 0.897 bits per heavy atom. The van der Waals surface area contributed by atoms with Crippen LogP contribution in [0.1, 0.15) is 66.5 Å². The summed E-state index contributed by atoms with van der Waals surface area (Å²) in [6, 6.07) is 3.90. The van der Waals surface area contributed by atoms with Crippen molar-refractivity contribution < 1.29 is 99.6 Å². The summed E-state index contributed by atoms with van der Waals surface area (Å²) in [7, 11) is -3.13. The molecule has 0 aliphatic carbocycles. The van der Waals surface area contributed by atoms with Gasteiger partial charge in [-0.1, -0.05) is 22.0 Å². The molecule has 0 radical (unpaired) electrons. The van der Waals surface area contributed by atoms with Crippen molar-refractivity contribution in [3.63, 3.8) is 0 Å². The van der Waals surface area contributed by atoms with Gasteiger partial charge in [-0.3, -0.25) is 0 Å². The molecular formula is C32H38B3BrF14O8. The van der Waals surface area contributed by atoms with Crippen molar-refractivity contribution in [1.82, 2.24) is 0 Å². The maximum atomic E-state index is 12.7. The zero-order valence-electron chi connectivity index (χ0n) is 31.8. The molecule has 0 saturated carbocycles. The normalized spacial score (nSPS) is 18.7. The summed E-state index contributed by atoms with van der Waals surface area (Å²) in [4.78, 5) is 0. The van der Waals surface area contributed by atoms with Gasteiger partial charge in [0, 0.05) is 4.47 Å². The highest BCUT2D eigenvalue weighted by molar-refractivity contribution is 9.10. The van der Waals surface area contributed by atoms with E-state index in [-0.39, 0.29) is 26.9 Å². The van der Waals surface area contributed by atoms with Gasteiger partial charge in [0.15, 0.2) is 13.2 Å². The molecule has 0 bridgehead atoms. The smallest absolute Gasteiger partial charge is 0.486 e. The van der Waals surface area contributed by atoms with E-state index < -0.39 is 99.5 Å². The van der Waals surface area contributed by atoms with E-state index in [4.69, 9.17) is 28.7 Å². The monoisotopic (exact) mass is 928 g/mol. The molecule has 328 valence electrons. The fourth-order valence-electron chi connectivity index (χ4n) is 4.38. The van der Waals surface area contributed by atoms with Crippen LogP contribution in [0.15, 0.2) is 40.9 Å². The minimum absolute atomic E-state index is 0.135. The Morgan fingerprint density at radius 3 is 1.19 bits per heavy atom. The van der Waals surface area contributed by atoms with E-state index in [0.29, 0.717) is 24.3 Å². The van der Waals surface area contributed by atoms with E-state index in [9.17, 15) is 61.5 Å². The molecule has 2 heterocycles. The van der Waals surface area contributed by atoms with E-state index in [1.807, 2.05) is 55.4 Å². The van der Waals surface area contributed by atoms with Crippen LogP contribution < -0.4 is 14.9 Å². The number of alkyl halides is 14. The molecule has 2 fully saturated rings. The minimum Gasteiger partial charge on any atom is -0.486 e. The van der Waals surface area contributed by atoms with E-state index in [0.717, 1.165) is 12.1 Å². The van der Waals surface area contributed by atoms with Gasteiger partial charge in [0.2, 0.25) is 0 Å². The fourth-order valence-corrected chi connectivity index (χ4v) is 4.72. The molecule has 0 atom stereocenters. The Morgan fingerprint density at radius 1 is 0.586 bits per heavy atom. The van der Waals surface area contributed by atoms with Gasteiger partial charge in [0.25, 0.3) is 0 Å². The number of benzene rings is 2. The van der Waals surface area contributed by atoms with E-state index in [1.165, 1.54) is 0 Å². The first-order valence-corrected chi connectivity index (χ1v) is 17.4. The minimum atomic E-state index is -4.99. The number of halogens is 15. The third-order valence-electron chi connectivity index (χ3n) is 9.10. The van der Waals surface area contributed by atoms with Crippen LogP contribution in [0.3, 0.4) is 0 Å². The maximum absolute atomic E-state index is 12.7. The second-order valence-corrected chi connectivity index (χ2v) is 15.6. The molecule has 58 heavy (non-hydrogen) atoms. The summed E-state index contributed by atoms with van der Waals surface area (Å²) < 4.78 is 206. The number of hydrogen-bond donors (Lipinski definition) is 2.